The van der Waals surface area contributed by atoms with Gasteiger partial charge in [-0.3, -0.25) is 0 Å². The highest BCUT2D eigenvalue weighted by Crippen LogP contribution is 2.10. The number of nitrogen functional groups attached to an aromatic ring is 1. The van der Waals surface area contributed by atoms with Crippen molar-refractivity contribution in [2.75, 3.05) is 5.73 Å². The van der Waals surface area contributed by atoms with Crippen molar-refractivity contribution in [1.82, 2.24) is 0 Å². The zero-order valence-corrected chi connectivity index (χ0v) is 7.25. The normalized spacial score (nSPS) is 9.80. The van der Waals surface area contributed by atoms with Gasteiger partial charge in [-0.1, -0.05) is 25.1 Å². The molecular formula is C8H12NP. The van der Waals surface area contributed by atoms with Gasteiger partial charge in [-0.2, -0.15) is 0 Å². The first-order valence-corrected chi connectivity index (χ1v) is 3.96. The van der Waals surface area contributed by atoms with Crippen LogP contribution in [-0.4, -0.2) is 0 Å². The van der Waals surface area contributed by atoms with E-state index in [1.165, 1.54) is 5.56 Å². The largest absolute Gasteiger partial charge is 0.398 e. The van der Waals surface area contributed by atoms with Crippen LogP contribution in [0, 0.1) is 0 Å². The van der Waals surface area contributed by atoms with Gasteiger partial charge in [-0.15, -0.1) is 9.24 Å². The third-order valence-electron chi connectivity index (χ3n) is 1.61. The number of aryl methyl sites for hydroxylation is 1. The Morgan fingerprint density at radius 1 is 1.50 bits per heavy atom. The molecule has 10 heavy (non-hydrogen) atoms. The molecule has 0 fully saturated rings. The van der Waals surface area contributed by atoms with Crippen LogP contribution in [0.3, 0.4) is 0 Å². The second kappa shape index (κ2) is 3.03. The van der Waals surface area contributed by atoms with E-state index in [0.29, 0.717) is 0 Å². The smallest absolute Gasteiger partial charge is 0.0419 e. The van der Waals surface area contributed by atoms with E-state index in [4.69, 9.17) is 5.73 Å². The van der Waals surface area contributed by atoms with E-state index in [1.807, 2.05) is 12.1 Å². The van der Waals surface area contributed by atoms with Crippen molar-refractivity contribution in [1.29, 1.82) is 0 Å². The highest BCUT2D eigenvalue weighted by atomic mass is 31.0. The van der Waals surface area contributed by atoms with Gasteiger partial charge in [0, 0.05) is 5.69 Å². The lowest BCUT2D eigenvalue weighted by Gasteiger charge is -2.03. The van der Waals surface area contributed by atoms with E-state index in [-0.39, 0.29) is 0 Å². The van der Waals surface area contributed by atoms with Crippen LogP contribution in [0.4, 0.5) is 5.69 Å². The Bertz CT molecular complexity index is 233. The van der Waals surface area contributed by atoms with Gasteiger partial charge in [-0.25, -0.2) is 0 Å². The number of rotatable bonds is 1. The molecular weight excluding hydrogens is 141 g/mol. The Hall–Kier alpha value is -0.550. The molecule has 1 aromatic rings. The number of anilines is 1. The topological polar surface area (TPSA) is 26.0 Å². The Morgan fingerprint density at radius 3 is 2.70 bits per heavy atom. The van der Waals surface area contributed by atoms with Gasteiger partial charge in [-0.05, 0) is 17.3 Å². The van der Waals surface area contributed by atoms with E-state index < -0.39 is 0 Å². The average Bonchev–Trinajstić information content (AvgIpc) is 1.95. The third kappa shape index (κ3) is 1.30. The number of hydrogen-bond acceptors (Lipinski definition) is 1. The molecule has 1 atom stereocenters. The summed E-state index contributed by atoms with van der Waals surface area (Å²) < 4.78 is 0. The van der Waals surface area contributed by atoms with Gasteiger partial charge in [0.1, 0.15) is 0 Å². The van der Waals surface area contributed by atoms with Crippen LogP contribution in [0.2, 0.25) is 0 Å². The van der Waals surface area contributed by atoms with Crippen LogP contribution < -0.4 is 11.0 Å². The standard InChI is InChI=1S/C8H12NP/c1-2-6-4-3-5-7(10)8(6)9/h3-5H,2,9-10H2,1H3. The first-order chi connectivity index (χ1) is 4.75. The molecule has 0 aliphatic heterocycles. The fraction of sp³-hybridized carbons (Fsp3) is 0.250. The van der Waals surface area contributed by atoms with Crippen LogP contribution >= 0.6 is 9.24 Å². The SMILES string of the molecule is CCc1cccc(P)c1N. The molecule has 0 amide bonds. The average molecular weight is 153 g/mol. The molecule has 0 aliphatic carbocycles. The molecule has 0 saturated carbocycles. The summed E-state index contributed by atoms with van der Waals surface area (Å²) in [6, 6.07) is 6.08. The summed E-state index contributed by atoms with van der Waals surface area (Å²) in [6.45, 7) is 2.11. The van der Waals surface area contributed by atoms with E-state index in [2.05, 4.69) is 22.2 Å². The van der Waals surface area contributed by atoms with Gasteiger partial charge >= 0.3 is 0 Å². The van der Waals surface area contributed by atoms with Crippen LogP contribution in [0.25, 0.3) is 0 Å². The molecule has 54 valence electrons. The monoisotopic (exact) mass is 153 g/mol. The van der Waals surface area contributed by atoms with Crippen molar-refractivity contribution in [3.05, 3.63) is 23.8 Å². The number of nitrogens with two attached hydrogens (primary N) is 1. The minimum absolute atomic E-state index is 0.912. The zero-order valence-electron chi connectivity index (χ0n) is 6.09. The molecule has 2 heteroatoms. The third-order valence-corrected chi connectivity index (χ3v) is 2.11. The maximum absolute atomic E-state index is 5.77. The first-order valence-electron chi connectivity index (χ1n) is 3.38. The molecule has 0 spiro atoms. The lowest BCUT2D eigenvalue weighted by atomic mass is 10.1. The van der Waals surface area contributed by atoms with Gasteiger partial charge in [0.15, 0.2) is 0 Å². The second-order valence-electron chi connectivity index (χ2n) is 2.27. The van der Waals surface area contributed by atoms with Gasteiger partial charge < -0.3 is 5.73 Å². The van der Waals surface area contributed by atoms with E-state index in [0.717, 1.165) is 17.4 Å². The summed E-state index contributed by atoms with van der Waals surface area (Å²) in [5.41, 5.74) is 7.91. The van der Waals surface area contributed by atoms with Crippen molar-refractivity contribution < 1.29 is 0 Å². The molecule has 1 aromatic carbocycles. The number of benzene rings is 1. The molecule has 0 radical (unpaired) electrons. The van der Waals surface area contributed by atoms with Crippen molar-refractivity contribution in [2.24, 2.45) is 0 Å². The summed E-state index contributed by atoms with van der Waals surface area (Å²) in [5.74, 6) is 0. The summed E-state index contributed by atoms with van der Waals surface area (Å²) in [7, 11) is 2.63. The minimum Gasteiger partial charge on any atom is -0.398 e. The molecule has 0 saturated heterocycles. The molecule has 0 heterocycles. The maximum Gasteiger partial charge on any atom is 0.0419 e. The quantitative estimate of drug-likeness (QED) is 0.478. The van der Waals surface area contributed by atoms with Gasteiger partial charge in [0.05, 0.1) is 0 Å². The Balaban J connectivity index is 3.14. The fourth-order valence-electron chi connectivity index (χ4n) is 0.941. The van der Waals surface area contributed by atoms with Crippen molar-refractivity contribution in [3.63, 3.8) is 0 Å². The lowest BCUT2D eigenvalue weighted by Crippen LogP contribution is -2.04. The van der Waals surface area contributed by atoms with Crippen molar-refractivity contribution >= 4 is 20.2 Å². The second-order valence-corrected chi connectivity index (χ2v) is 2.90. The molecule has 1 unspecified atom stereocenters. The molecule has 2 N–H and O–H groups in total. The highest BCUT2D eigenvalue weighted by Gasteiger charge is 1.96. The molecule has 1 nitrogen and oxygen atoms in total. The Kier molecular flexibility index (Phi) is 2.29. The lowest BCUT2D eigenvalue weighted by molar-refractivity contribution is 1.15. The predicted octanol–water partition coefficient (Wildman–Crippen LogP) is 1.33. The van der Waals surface area contributed by atoms with Crippen molar-refractivity contribution in [3.8, 4) is 0 Å². The fourth-order valence-corrected chi connectivity index (χ4v) is 1.24. The molecule has 0 bridgehead atoms. The zero-order chi connectivity index (χ0) is 7.56. The first kappa shape index (κ1) is 7.56. The molecule has 1 rings (SSSR count). The Labute approximate surface area is 63.8 Å². The van der Waals surface area contributed by atoms with Crippen LogP contribution in [0.5, 0.6) is 0 Å². The Morgan fingerprint density at radius 2 is 2.20 bits per heavy atom. The number of hydrogen-bond donors (Lipinski definition) is 1. The summed E-state index contributed by atoms with van der Waals surface area (Å²) in [4.78, 5) is 0. The number of para-hydroxylation sites is 1. The van der Waals surface area contributed by atoms with Crippen LogP contribution in [0.15, 0.2) is 18.2 Å². The minimum atomic E-state index is 0.912. The summed E-state index contributed by atoms with van der Waals surface area (Å²) in [6.07, 6.45) is 1.01. The van der Waals surface area contributed by atoms with Gasteiger partial charge in [0.25, 0.3) is 0 Å². The van der Waals surface area contributed by atoms with Crippen LogP contribution in [-0.2, 0) is 6.42 Å². The summed E-state index contributed by atoms with van der Waals surface area (Å²) >= 11 is 0. The van der Waals surface area contributed by atoms with E-state index >= 15 is 0 Å². The summed E-state index contributed by atoms with van der Waals surface area (Å²) in [5, 5.41) is 1.10. The predicted molar refractivity (Wildman–Crippen MR) is 49.6 cm³/mol. The van der Waals surface area contributed by atoms with E-state index in [9.17, 15) is 0 Å². The molecule has 0 aliphatic rings. The highest BCUT2D eigenvalue weighted by molar-refractivity contribution is 7.28. The van der Waals surface area contributed by atoms with E-state index in [1.54, 1.807) is 0 Å². The van der Waals surface area contributed by atoms with Gasteiger partial charge in [0.2, 0.25) is 0 Å². The molecule has 0 aromatic heterocycles. The van der Waals surface area contributed by atoms with Crippen LogP contribution in [0.1, 0.15) is 12.5 Å². The van der Waals surface area contributed by atoms with Crippen molar-refractivity contribution in [2.45, 2.75) is 13.3 Å². The maximum atomic E-state index is 5.77.